The van der Waals surface area contributed by atoms with Crippen molar-refractivity contribution in [3.8, 4) is 0 Å². The van der Waals surface area contributed by atoms with E-state index >= 15 is 0 Å². The van der Waals surface area contributed by atoms with E-state index < -0.39 is 10.0 Å². The van der Waals surface area contributed by atoms with Gasteiger partial charge in [-0.25, -0.2) is 8.42 Å². The molecular weight excluding hydrogens is 332 g/mol. The van der Waals surface area contributed by atoms with Gasteiger partial charge < -0.3 is 5.32 Å². The van der Waals surface area contributed by atoms with Crippen molar-refractivity contribution in [2.75, 3.05) is 17.4 Å². The summed E-state index contributed by atoms with van der Waals surface area (Å²) >= 11 is 0. The van der Waals surface area contributed by atoms with Crippen molar-refractivity contribution in [2.45, 2.75) is 25.3 Å². The van der Waals surface area contributed by atoms with Crippen LogP contribution in [-0.4, -0.2) is 21.5 Å². The summed E-state index contributed by atoms with van der Waals surface area (Å²) in [4.78, 5) is 0.384. The van der Waals surface area contributed by atoms with Gasteiger partial charge in [0, 0.05) is 19.6 Å². The molecule has 2 aromatic rings. The van der Waals surface area contributed by atoms with Crippen molar-refractivity contribution in [3.63, 3.8) is 0 Å². The molecule has 0 saturated carbocycles. The van der Waals surface area contributed by atoms with E-state index in [9.17, 15) is 8.42 Å². The molecule has 0 aliphatic carbocycles. The summed E-state index contributed by atoms with van der Waals surface area (Å²) in [5, 5.41) is 3.27. The van der Waals surface area contributed by atoms with E-state index in [4.69, 9.17) is 0 Å². The Hall–Kier alpha value is -1.56. The van der Waals surface area contributed by atoms with Crippen LogP contribution in [0, 0.1) is 13.8 Å². The topological polar surface area (TPSA) is 49.4 Å². The maximum atomic E-state index is 13.1. The number of nitrogens with zero attached hydrogens (tertiary/aromatic N) is 1. The highest BCUT2D eigenvalue weighted by atomic mass is 35.5. The molecule has 2 aromatic carbocycles. The molecule has 3 rings (SSSR count). The molecule has 0 radical (unpaired) electrons. The van der Waals surface area contributed by atoms with Crippen LogP contribution in [0.15, 0.2) is 47.4 Å². The minimum absolute atomic E-state index is 0. The van der Waals surface area contributed by atoms with Gasteiger partial charge in [0.1, 0.15) is 0 Å². The van der Waals surface area contributed by atoms with Gasteiger partial charge in [0.25, 0.3) is 10.0 Å². The summed E-state index contributed by atoms with van der Waals surface area (Å²) < 4.78 is 27.8. The zero-order chi connectivity index (χ0) is 15.7. The zero-order valence-electron chi connectivity index (χ0n) is 13.2. The van der Waals surface area contributed by atoms with E-state index in [1.54, 1.807) is 6.07 Å². The fourth-order valence-corrected chi connectivity index (χ4v) is 4.60. The van der Waals surface area contributed by atoms with Crippen LogP contribution in [0.1, 0.15) is 16.7 Å². The molecular formula is C17H21ClN2O2S. The van der Waals surface area contributed by atoms with Gasteiger partial charge in [0.05, 0.1) is 10.6 Å². The van der Waals surface area contributed by atoms with Crippen LogP contribution < -0.4 is 9.62 Å². The molecule has 0 atom stereocenters. The maximum Gasteiger partial charge on any atom is 0.264 e. The van der Waals surface area contributed by atoms with Crippen LogP contribution in [0.4, 0.5) is 5.69 Å². The number of aryl methyl sites for hydroxylation is 2. The fraction of sp³-hybridized carbons (Fsp3) is 0.294. The quantitative estimate of drug-likeness (QED) is 0.903. The van der Waals surface area contributed by atoms with E-state index in [1.165, 1.54) is 4.31 Å². The van der Waals surface area contributed by atoms with Crippen LogP contribution in [0.3, 0.4) is 0 Å². The van der Waals surface area contributed by atoms with Crippen LogP contribution in [-0.2, 0) is 16.6 Å². The Labute approximate surface area is 144 Å². The molecule has 0 unspecified atom stereocenters. The van der Waals surface area contributed by atoms with Crippen molar-refractivity contribution in [1.29, 1.82) is 0 Å². The van der Waals surface area contributed by atoms with Crippen LogP contribution in [0.2, 0.25) is 0 Å². The van der Waals surface area contributed by atoms with Gasteiger partial charge in [0.15, 0.2) is 0 Å². The number of para-hydroxylation sites is 1. The molecule has 4 nitrogen and oxygen atoms in total. The molecule has 1 N–H and O–H groups in total. The number of sulfonamides is 1. The van der Waals surface area contributed by atoms with Crippen LogP contribution >= 0.6 is 12.4 Å². The van der Waals surface area contributed by atoms with Gasteiger partial charge >= 0.3 is 0 Å². The predicted molar refractivity (Wildman–Crippen MR) is 95.8 cm³/mol. The van der Waals surface area contributed by atoms with Gasteiger partial charge in [0.2, 0.25) is 0 Å². The number of halogens is 1. The number of anilines is 1. The van der Waals surface area contributed by atoms with Crippen molar-refractivity contribution in [3.05, 3.63) is 59.2 Å². The zero-order valence-corrected chi connectivity index (χ0v) is 14.9. The van der Waals surface area contributed by atoms with Gasteiger partial charge in [-0.15, -0.1) is 12.4 Å². The number of rotatable bonds is 2. The molecule has 0 amide bonds. The first-order valence-corrected chi connectivity index (χ1v) is 8.83. The first-order valence-electron chi connectivity index (χ1n) is 7.39. The fourth-order valence-electron chi connectivity index (χ4n) is 2.88. The second-order valence-electron chi connectivity index (χ2n) is 5.65. The number of hydrogen-bond acceptors (Lipinski definition) is 3. The molecule has 0 bridgehead atoms. The number of fused-ring (bicyclic) bond motifs is 1. The number of benzene rings is 2. The van der Waals surface area contributed by atoms with Crippen molar-refractivity contribution in [2.24, 2.45) is 0 Å². The van der Waals surface area contributed by atoms with Gasteiger partial charge in [-0.2, -0.15) is 0 Å². The molecule has 0 spiro atoms. The lowest BCUT2D eigenvalue weighted by Crippen LogP contribution is -2.35. The minimum Gasteiger partial charge on any atom is -0.311 e. The van der Waals surface area contributed by atoms with E-state index in [-0.39, 0.29) is 12.4 Å². The molecule has 1 aliphatic heterocycles. The lowest BCUT2D eigenvalue weighted by atomic mass is 10.2. The van der Waals surface area contributed by atoms with E-state index in [0.29, 0.717) is 24.5 Å². The smallest absolute Gasteiger partial charge is 0.264 e. The summed E-state index contributed by atoms with van der Waals surface area (Å²) in [6.45, 7) is 5.58. The third-order valence-electron chi connectivity index (χ3n) is 3.97. The normalized spacial score (nSPS) is 14.6. The highest BCUT2D eigenvalue weighted by Gasteiger charge is 2.28. The Morgan fingerprint density at radius 2 is 1.83 bits per heavy atom. The summed E-state index contributed by atoms with van der Waals surface area (Å²) in [5.74, 6) is 0. The minimum atomic E-state index is -3.55. The van der Waals surface area contributed by atoms with E-state index in [1.807, 2.05) is 50.2 Å². The largest absolute Gasteiger partial charge is 0.311 e. The SMILES string of the molecule is Cc1ccc(S(=O)(=O)N2CCNCc3ccccc32)c(C)c1.Cl. The summed E-state index contributed by atoms with van der Waals surface area (Å²) in [7, 11) is -3.55. The molecule has 1 heterocycles. The van der Waals surface area contributed by atoms with Crippen molar-refractivity contribution < 1.29 is 8.42 Å². The standard InChI is InChI=1S/C17H20N2O2S.ClH/c1-13-7-8-17(14(2)11-13)22(20,21)19-10-9-18-12-15-5-3-4-6-16(15)19;/h3-8,11,18H,9-10,12H2,1-2H3;1H. The maximum absolute atomic E-state index is 13.1. The van der Waals surface area contributed by atoms with Gasteiger partial charge in [-0.05, 0) is 37.1 Å². The molecule has 0 saturated heterocycles. The third-order valence-corrected chi connectivity index (χ3v) is 5.94. The van der Waals surface area contributed by atoms with E-state index in [0.717, 1.165) is 22.4 Å². The molecule has 6 heteroatoms. The average Bonchev–Trinajstić information content (AvgIpc) is 2.69. The Balaban J connectivity index is 0.00000192. The Kier molecular flexibility index (Phi) is 5.34. The second kappa shape index (κ2) is 6.91. The molecule has 1 aliphatic rings. The van der Waals surface area contributed by atoms with Crippen molar-refractivity contribution >= 4 is 28.1 Å². The second-order valence-corrected chi connectivity index (χ2v) is 7.48. The predicted octanol–water partition coefficient (Wildman–Crippen LogP) is 3.02. The molecule has 124 valence electrons. The summed E-state index contributed by atoms with van der Waals surface area (Å²) in [5.41, 5.74) is 3.63. The van der Waals surface area contributed by atoms with Crippen molar-refractivity contribution in [1.82, 2.24) is 5.32 Å². The number of nitrogens with one attached hydrogen (secondary N) is 1. The Bertz CT molecular complexity index is 806. The van der Waals surface area contributed by atoms with E-state index in [2.05, 4.69) is 5.32 Å². The molecule has 0 aromatic heterocycles. The third kappa shape index (κ3) is 3.37. The monoisotopic (exact) mass is 352 g/mol. The Morgan fingerprint density at radius 3 is 2.57 bits per heavy atom. The molecule has 23 heavy (non-hydrogen) atoms. The first-order chi connectivity index (χ1) is 10.5. The van der Waals surface area contributed by atoms with Crippen LogP contribution in [0.25, 0.3) is 0 Å². The highest BCUT2D eigenvalue weighted by Crippen LogP contribution is 2.29. The van der Waals surface area contributed by atoms with Gasteiger partial charge in [-0.3, -0.25) is 4.31 Å². The lowest BCUT2D eigenvalue weighted by molar-refractivity contribution is 0.589. The lowest BCUT2D eigenvalue weighted by Gasteiger charge is -2.25. The summed E-state index contributed by atoms with van der Waals surface area (Å²) in [6, 6.07) is 13.1. The average molecular weight is 353 g/mol. The van der Waals surface area contributed by atoms with Crippen LogP contribution in [0.5, 0.6) is 0 Å². The van der Waals surface area contributed by atoms with Gasteiger partial charge in [-0.1, -0.05) is 35.9 Å². The Morgan fingerprint density at radius 1 is 1.09 bits per heavy atom. The molecule has 0 fully saturated rings. The summed E-state index contributed by atoms with van der Waals surface area (Å²) in [6.07, 6.45) is 0. The highest BCUT2D eigenvalue weighted by molar-refractivity contribution is 7.92. The number of hydrogen-bond donors (Lipinski definition) is 1. The first kappa shape index (κ1) is 17.8.